The van der Waals surface area contributed by atoms with E-state index in [0.717, 1.165) is 42.4 Å². The Labute approximate surface area is 232 Å². The molecule has 3 fully saturated rings. The molecule has 0 N–H and O–H groups in total. The van der Waals surface area contributed by atoms with Crippen molar-refractivity contribution in [2.24, 2.45) is 46.3 Å². The Balaban J connectivity index is 0.00000204. The Kier molecular flexibility index (Phi) is 10.9. The zero-order valence-corrected chi connectivity index (χ0v) is 23.9. The summed E-state index contributed by atoms with van der Waals surface area (Å²) in [6, 6.07) is 0. The van der Waals surface area contributed by atoms with Gasteiger partial charge in [-0.25, -0.2) is 0 Å². The fourth-order valence-electron chi connectivity index (χ4n) is 8.92. The number of fused-ring (bicyclic) bond motifs is 5. The van der Waals surface area contributed by atoms with Crippen molar-refractivity contribution in [2.75, 3.05) is 0 Å². The first-order valence-electron chi connectivity index (χ1n) is 13.3. The third-order valence-corrected chi connectivity index (χ3v) is 11.1. The van der Waals surface area contributed by atoms with Crippen LogP contribution in [0.3, 0.4) is 0 Å². The second-order valence-corrected chi connectivity index (χ2v) is 13.8. The Morgan fingerprint density at radius 3 is 2.38 bits per heavy atom. The molecule has 0 spiro atoms. The molecule has 0 saturated heterocycles. The van der Waals surface area contributed by atoms with Crippen LogP contribution >= 0.6 is 7.82 Å². The Bertz CT molecular complexity index is 768. The van der Waals surface area contributed by atoms with Crippen LogP contribution in [-0.4, -0.2) is 6.10 Å². The van der Waals surface area contributed by atoms with Crippen LogP contribution in [0.4, 0.5) is 0 Å². The maximum absolute atomic E-state index is 11.1. The van der Waals surface area contributed by atoms with Crippen molar-refractivity contribution in [3.8, 4) is 0 Å². The average Bonchev–Trinajstić information content (AvgIpc) is 3.04. The smallest absolute Gasteiger partial charge is 0.790 e. The molecule has 0 heterocycles. The minimum Gasteiger partial charge on any atom is -0.790 e. The molecule has 0 aromatic carbocycles. The summed E-state index contributed by atoms with van der Waals surface area (Å²) in [4.78, 5) is 22.3. The minimum atomic E-state index is -4.91. The van der Waals surface area contributed by atoms with Gasteiger partial charge in [-0.2, -0.15) is 0 Å². The monoisotopic (exact) mass is 478 g/mol. The molecule has 0 aromatic heterocycles. The topological polar surface area (TPSA) is 72.4 Å². The number of hydrogen-bond acceptors (Lipinski definition) is 4. The zero-order valence-electron chi connectivity index (χ0n) is 23.0. The van der Waals surface area contributed by atoms with Crippen molar-refractivity contribution in [3.05, 3.63) is 11.6 Å². The van der Waals surface area contributed by atoms with Crippen LogP contribution < -0.4 is 47.5 Å². The van der Waals surface area contributed by atoms with Crippen molar-refractivity contribution in [2.45, 2.75) is 111 Å². The van der Waals surface area contributed by atoms with E-state index in [0.29, 0.717) is 24.2 Å². The van der Waals surface area contributed by atoms with Crippen molar-refractivity contribution in [1.82, 2.24) is 0 Å². The molecule has 184 valence electrons. The van der Waals surface area contributed by atoms with Crippen LogP contribution in [0.2, 0.25) is 0 Å². The summed E-state index contributed by atoms with van der Waals surface area (Å²) in [6.45, 7) is 12.2. The normalized spacial score (nSPS) is 40.2. The van der Waals surface area contributed by atoms with Crippen molar-refractivity contribution >= 4 is 7.82 Å². The van der Waals surface area contributed by atoms with Crippen molar-refractivity contribution < 1.29 is 56.6 Å². The van der Waals surface area contributed by atoms with Gasteiger partial charge in [0.15, 0.2) is 0 Å². The molecule has 0 amide bonds. The molecular formula is C27H45Li2O4P. The standard InChI is InChI=1S/C27H47O4P.2Li/c1-18(2)7-6-8-19(3)23-11-12-24-22-10-9-20-17-21(31-32(28,29)30)13-15-26(20,4)25(22)14-16-27(23,24)5;;/h9,18-19,21-25H,6-8,10-17H2,1-5H3,(H2,28,29,30);;/q;2*+1/p-2/t19-,21+,22+,23-,24+,25+,26+,27-;;/m1../s1. The second-order valence-electron chi connectivity index (χ2n) is 12.7. The van der Waals surface area contributed by atoms with E-state index >= 15 is 0 Å². The van der Waals surface area contributed by atoms with Crippen LogP contribution in [0.25, 0.3) is 0 Å². The van der Waals surface area contributed by atoms with Gasteiger partial charge >= 0.3 is 37.7 Å². The molecule has 0 radical (unpaired) electrons. The van der Waals surface area contributed by atoms with Gasteiger partial charge in [0.2, 0.25) is 0 Å². The van der Waals surface area contributed by atoms with Gasteiger partial charge in [-0.05, 0) is 97.7 Å². The summed E-state index contributed by atoms with van der Waals surface area (Å²) in [7, 11) is -4.91. The van der Waals surface area contributed by atoms with Gasteiger partial charge in [0.25, 0.3) is 0 Å². The zero-order chi connectivity index (χ0) is 23.3. The van der Waals surface area contributed by atoms with Gasteiger partial charge in [0, 0.05) is 0 Å². The fourth-order valence-corrected chi connectivity index (χ4v) is 9.47. The van der Waals surface area contributed by atoms with E-state index in [1.165, 1.54) is 50.5 Å². The number of allylic oxidation sites excluding steroid dienone is 1. The molecule has 4 aliphatic rings. The van der Waals surface area contributed by atoms with Crippen LogP contribution in [-0.2, 0) is 9.09 Å². The van der Waals surface area contributed by atoms with Crippen LogP contribution in [0, 0.1) is 46.3 Å². The predicted octanol–water partition coefficient (Wildman–Crippen LogP) is 0.250. The molecule has 8 atom stereocenters. The summed E-state index contributed by atoms with van der Waals surface area (Å²) in [6.07, 6.45) is 14.9. The third kappa shape index (κ3) is 6.19. The van der Waals surface area contributed by atoms with Gasteiger partial charge in [0.1, 0.15) is 0 Å². The third-order valence-electron chi connectivity index (χ3n) is 10.5. The largest absolute Gasteiger partial charge is 1.00 e. The van der Waals surface area contributed by atoms with Crippen LogP contribution in [0.15, 0.2) is 11.6 Å². The molecule has 0 bridgehead atoms. The summed E-state index contributed by atoms with van der Waals surface area (Å²) < 4.78 is 16.0. The Hall–Kier alpha value is 1.04. The maximum atomic E-state index is 11.1. The summed E-state index contributed by atoms with van der Waals surface area (Å²) in [5.74, 6) is 4.79. The number of phosphoric acid groups is 1. The molecule has 34 heavy (non-hydrogen) atoms. The molecule has 4 aliphatic carbocycles. The molecule has 4 nitrogen and oxygen atoms in total. The van der Waals surface area contributed by atoms with Gasteiger partial charge in [-0.1, -0.05) is 65.5 Å². The van der Waals surface area contributed by atoms with Crippen LogP contribution in [0.5, 0.6) is 0 Å². The van der Waals surface area contributed by atoms with E-state index in [9.17, 15) is 14.4 Å². The summed E-state index contributed by atoms with van der Waals surface area (Å²) in [5.41, 5.74) is 2.00. The van der Waals surface area contributed by atoms with E-state index in [-0.39, 0.29) is 43.1 Å². The molecule has 4 rings (SSSR count). The van der Waals surface area contributed by atoms with Gasteiger partial charge < -0.3 is 18.9 Å². The molecule has 7 heteroatoms. The van der Waals surface area contributed by atoms with E-state index in [4.69, 9.17) is 4.52 Å². The quantitative estimate of drug-likeness (QED) is 0.299. The molecule has 0 aliphatic heterocycles. The predicted molar refractivity (Wildman–Crippen MR) is 126 cm³/mol. The molecule has 0 aromatic rings. The first-order valence-corrected chi connectivity index (χ1v) is 14.8. The molecular weight excluding hydrogens is 433 g/mol. The van der Waals surface area contributed by atoms with Crippen LogP contribution in [0.1, 0.15) is 105 Å². The first kappa shape index (κ1) is 31.3. The fraction of sp³-hybridized carbons (Fsp3) is 0.926. The second kappa shape index (κ2) is 11.8. The van der Waals surface area contributed by atoms with E-state index < -0.39 is 13.9 Å². The van der Waals surface area contributed by atoms with E-state index in [1.54, 1.807) is 0 Å². The van der Waals surface area contributed by atoms with Crippen molar-refractivity contribution in [1.29, 1.82) is 0 Å². The Morgan fingerprint density at radius 1 is 1.03 bits per heavy atom. The summed E-state index contributed by atoms with van der Waals surface area (Å²) >= 11 is 0. The molecule has 0 unspecified atom stereocenters. The van der Waals surface area contributed by atoms with Gasteiger partial charge in [0.05, 0.1) is 13.9 Å². The number of rotatable bonds is 7. The molecule has 3 saturated carbocycles. The van der Waals surface area contributed by atoms with E-state index in [1.807, 2.05) is 0 Å². The van der Waals surface area contributed by atoms with Gasteiger partial charge in [-0.3, -0.25) is 0 Å². The average molecular weight is 479 g/mol. The van der Waals surface area contributed by atoms with Gasteiger partial charge in [-0.15, -0.1) is 0 Å². The number of hydrogen-bond donors (Lipinski definition) is 0. The van der Waals surface area contributed by atoms with E-state index in [2.05, 4.69) is 40.7 Å². The SMILES string of the molecule is CC(C)CCC[C@@H](C)[C@H]1CC[C@H]2[C@@H]3CC=C4C[C@@H](OP(=O)([O-])[O-])CC[C@]4(C)[C@H]3CC[C@]12C.[Li+].[Li+]. The van der Waals surface area contributed by atoms with Crippen molar-refractivity contribution in [3.63, 3.8) is 0 Å². The Morgan fingerprint density at radius 2 is 1.74 bits per heavy atom. The first-order chi connectivity index (χ1) is 14.9. The maximum Gasteiger partial charge on any atom is 1.00 e. The summed E-state index contributed by atoms with van der Waals surface area (Å²) in [5, 5.41) is 0. The number of phosphoric ester groups is 1. The minimum absolute atomic E-state index is 0.